The van der Waals surface area contributed by atoms with E-state index < -0.39 is 29.4 Å². The minimum Gasteiger partial charge on any atom is -0.439 e. The number of hydrogen-bond acceptors (Lipinski definition) is 4. The van der Waals surface area contributed by atoms with Crippen LogP contribution >= 0.6 is 0 Å². The molecular formula is C22H17F5N4O2. The molecule has 0 radical (unpaired) electrons. The van der Waals surface area contributed by atoms with Crippen LogP contribution in [0.3, 0.4) is 0 Å². The number of carbonyl (C=O) groups is 1. The van der Waals surface area contributed by atoms with Crippen molar-refractivity contribution in [2.75, 3.05) is 6.54 Å². The molecule has 1 fully saturated rings. The Morgan fingerprint density at radius 1 is 1.09 bits per heavy atom. The van der Waals surface area contributed by atoms with Crippen molar-refractivity contribution in [1.82, 2.24) is 19.4 Å². The molecule has 1 aliphatic carbocycles. The van der Waals surface area contributed by atoms with E-state index in [1.807, 2.05) is 0 Å². The Morgan fingerprint density at radius 2 is 1.85 bits per heavy atom. The van der Waals surface area contributed by atoms with E-state index in [1.54, 1.807) is 16.4 Å². The molecule has 6 nitrogen and oxygen atoms in total. The Morgan fingerprint density at radius 3 is 2.52 bits per heavy atom. The summed E-state index contributed by atoms with van der Waals surface area (Å²) in [5, 5.41) is 0. The number of pyridine rings is 1. The fourth-order valence-electron chi connectivity index (χ4n) is 3.90. The number of fused-ring (bicyclic) bond motifs is 1. The lowest BCUT2D eigenvalue weighted by Gasteiger charge is -2.16. The van der Waals surface area contributed by atoms with E-state index in [0.717, 1.165) is 25.0 Å². The highest BCUT2D eigenvalue weighted by Crippen LogP contribution is 2.36. The second kappa shape index (κ2) is 7.53. The Hall–Kier alpha value is -3.50. The lowest BCUT2D eigenvalue weighted by Crippen LogP contribution is -2.27. The molecule has 11 heteroatoms. The first-order valence-corrected chi connectivity index (χ1v) is 10.2. The van der Waals surface area contributed by atoms with E-state index in [1.165, 1.54) is 12.1 Å². The van der Waals surface area contributed by atoms with Crippen LogP contribution in [-0.2, 0) is 12.8 Å². The van der Waals surface area contributed by atoms with Crippen LogP contribution in [0.15, 0.2) is 30.3 Å². The zero-order valence-electron chi connectivity index (χ0n) is 17.3. The second-order valence-electron chi connectivity index (χ2n) is 8.13. The Balaban J connectivity index is 1.42. The number of aryl methyl sites for hydroxylation is 1. The van der Waals surface area contributed by atoms with Crippen molar-refractivity contribution in [1.29, 1.82) is 0 Å². The summed E-state index contributed by atoms with van der Waals surface area (Å²) in [5.41, 5.74) is -0.627. The number of benzene rings is 1. The Bertz CT molecular complexity index is 1270. The topological polar surface area (TPSA) is 60.2 Å². The third-order valence-corrected chi connectivity index (χ3v) is 5.62. The standard InChI is InChI=1S/C22H17F5N4O2/c1-11-18(31-10-30(9-12-2-3-12)21(32)20(31)28-11)14-5-4-13(8-16(14)24)33-17-7-6-15(23)19(29-17)22(25,26)27/h4-8,12H,2-3,9-10H2,1H3. The maximum atomic E-state index is 15.0. The molecule has 0 unspecified atom stereocenters. The number of carbonyl (C=O) groups excluding carboxylic acids is 1. The maximum Gasteiger partial charge on any atom is 0.436 e. The number of nitrogens with zero attached hydrogens (tertiary/aromatic N) is 4. The van der Waals surface area contributed by atoms with Crippen molar-refractivity contribution in [2.24, 2.45) is 5.92 Å². The van der Waals surface area contributed by atoms with Crippen molar-refractivity contribution < 1.29 is 31.5 Å². The summed E-state index contributed by atoms with van der Waals surface area (Å²) in [6, 6.07) is 5.24. The molecule has 0 spiro atoms. The van der Waals surface area contributed by atoms with Gasteiger partial charge in [0, 0.05) is 24.2 Å². The van der Waals surface area contributed by atoms with Crippen molar-refractivity contribution in [3.05, 3.63) is 59.2 Å². The quantitative estimate of drug-likeness (QED) is 0.489. The highest BCUT2D eigenvalue weighted by atomic mass is 19.4. The highest BCUT2D eigenvalue weighted by molar-refractivity contribution is 5.94. The summed E-state index contributed by atoms with van der Waals surface area (Å²) >= 11 is 0. The van der Waals surface area contributed by atoms with Gasteiger partial charge in [0.05, 0.1) is 18.1 Å². The average Bonchev–Trinajstić information content (AvgIpc) is 3.44. The lowest BCUT2D eigenvalue weighted by molar-refractivity contribution is -0.143. The molecule has 1 aliphatic heterocycles. The summed E-state index contributed by atoms with van der Waals surface area (Å²) in [4.78, 5) is 21.8. The van der Waals surface area contributed by atoms with Crippen molar-refractivity contribution in [3.8, 4) is 22.9 Å². The van der Waals surface area contributed by atoms with E-state index in [9.17, 15) is 22.4 Å². The van der Waals surface area contributed by atoms with E-state index in [-0.39, 0.29) is 29.7 Å². The zero-order valence-corrected chi connectivity index (χ0v) is 17.3. The first kappa shape index (κ1) is 21.4. The van der Waals surface area contributed by atoms with Crippen molar-refractivity contribution in [2.45, 2.75) is 32.6 Å². The highest BCUT2D eigenvalue weighted by Gasteiger charge is 2.37. The molecule has 5 rings (SSSR count). The summed E-state index contributed by atoms with van der Waals surface area (Å²) < 4.78 is 73.9. The zero-order chi connectivity index (χ0) is 23.5. The smallest absolute Gasteiger partial charge is 0.436 e. The first-order chi connectivity index (χ1) is 15.6. The molecule has 1 amide bonds. The number of halogens is 5. The van der Waals surface area contributed by atoms with Crippen LogP contribution in [0.4, 0.5) is 22.0 Å². The molecule has 2 aromatic heterocycles. The van der Waals surface area contributed by atoms with Gasteiger partial charge in [0.15, 0.2) is 11.5 Å². The van der Waals surface area contributed by atoms with Crippen LogP contribution < -0.4 is 4.74 Å². The van der Waals surface area contributed by atoms with Gasteiger partial charge in [0.2, 0.25) is 11.7 Å². The monoisotopic (exact) mass is 464 g/mol. The van der Waals surface area contributed by atoms with Gasteiger partial charge in [-0.15, -0.1) is 0 Å². The Labute approximate surface area is 184 Å². The fourth-order valence-corrected chi connectivity index (χ4v) is 3.90. The van der Waals surface area contributed by atoms with Crippen LogP contribution in [-0.4, -0.2) is 31.9 Å². The first-order valence-electron chi connectivity index (χ1n) is 10.2. The van der Waals surface area contributed by atoms with Crippen molar-refractivity contribution >= 4 is 5.91 Å². The molecule has 0 N–H and O–H groups in total. The molecule has 1 saturated carbocycles. The normalized spacial score (nSPS) is 15.8. The second-order valence-corrected chi connectivity index (χ2v) is 8.13. The van der Waals surface area contributed by atoms with E-state index in [2.05, 4.69) is 9.97 Å². The third kappa shape index (κ3) is 3.91. The Kier molecular flexibility index (Phi) is 4.87. The van der Waals surface area contributed by atoms with Crippen molar-refractivity contribution in [3.63, 3.8) is 0 Å². The van der Waals surface area contributed by atoms with Gasteiger partial charge < -0.3 is 14.2 Å². The summed E-state index contributed by atoms with van der Waals surface area (Å²) in [6.45, 7) is 2.59. The summed E-state index contributed by atoms with van der Waals surface area (Å²) in [7, 11) is 0. The summed E-state index contributed by atoms with van der Waals surface area (Å²) in [5.74, 6) is -2.35. The molecule has 0 saturated heterocycles. The fraction of sp³-hybridized carbons (Fsp3) is 0.318. The minimum absolute atomic E-state index is 0.117. The number of alkyl halides is 3. The molecule has 3 aromatic rings. The van der Waals surface area contributed by atoms with E-state index >= 15 is 4.39 Å². The number of aromatic nitrogens is 3. The number of imidazole rings is 1. The average molecular weight is 464 g/mol. The SMILES string of the molecule is Cc1nc2n(c1-c1ccc(Oc3ccc(F)c(C(F)(F)F)n3)cc1F)CN(CC1CC1)C2=O. The molecule has 0 bridgehead atoms. The van der Waals surface area contributed by atoms with Crippen LogP contribution in [0.5, 0.6) is 11.6 Å². The molecule has 172 valence electrons. The van der Waals surface area contributed by atoms with Gasteiger partial charge >= 0.3 is 6.18 Å². The molecule has 0 atom stereocenters. The van der Waals surface area contributed by atoms with Crippen LogP contribution in [0.25, 0.3) is 11.3 Å². The van der Waals surface area contributed by atoms with Gasteiger partial charge in [-0.05, 0) is 43.9 Å². The van der Waals surface area contributed by atoms with Gasteiger partial charge in [-0.25, -0.2) is 18.7 Å². The van der Waals surface area contributed by atoms with Gasteiger partial charge in [0.1, 0.15) is 11.6 Å². The van der Waals surface area contributed by atoms with Gasteiger partial charge in [-0.2, -0.15) is 13.2 Å². The number of ether oxygens (including phenoxy) is 1. The van der Waals surface area contributed by atoms with E-state index in [4.69, 9.17) is 4.74 Å². The van der Waals surface area contributed by atoms with Crippen LogP contribution in [0, 0.1) is 24.5 Å². The van der Waals surface area contributed by atoms with Gasteiger partial charge in [-0.1, -0.05) is 0 Å². The molecule has 1 aromatic carbocycles. The predicted molar refractivity (Wildman–Crippen MR) is 105 cm³/mol. The maximum absolute atomic E-state index is 15.0. The molecule has 33 heavy (non-hydrogen) atoms. The molecule has 2 aliphatic rings. The third-order valence-electron chi connectivity index (χ3n) is 5.62. The lowest BCUT2D eigenvalue weighted by atomic mass is 10.1. The van der Waals surface area contributed by atoms with Gasteiger partial charge in [-0.3, -0.25) is 4.79 Å². The largest absolute Gasteiger partial charge is 0.439 e. The minimum atomic E-state index is -5.00. The van der Waals surface area contributed by atoms with Crippen LogP contribution in [0.2, 0.25) is 0 Å². The number of amides is 1. The number of rotatable bonds is 5. The predicted octanol–water partition coefficient (Wildman–Crippen LogP) is 5.17. The number of hydrogen-bond donors (Lipinski definition) is 0. The molecule has 3 heterocycles. The van der Waals surface area contributed by atoms with Gasteiger partial charge in [0.25, 0.3) is 5.91 Å². The summed E-state index contributed by atoms with van der Waals surface area (Å²) in [6.07, 6.45) is -2.83. The molecular weight excluding hydrogens is 447 g/mol. The van der Waals surface area contributed by atoms with E-state index in [0.29, 0.717) is 29.9 Å². The van der Waals surface area contributed by atoms with Crippen LogP contribution in [0.1, 0.15) is 34.8 Å².